The van der Waals surface area contributed by atoms with Gasteiger partial charge in [0.25, 0.3) is 0 Å². The molecule has 0 saturated heterocycles. The molecule has 0 rings (SSSR count). The Labute approximate surface area is 588 Å². The molecule has 0 radical (unpaired) electrons. The fourth-order valence-corrected chi connectivity index (χ4v) is 13.4. The van der Waals surface area contributed by atoms with Gasteiger partial charge in [-0.2, -0.15) is 0 Å². The van der Waals surface area contributed by atoms with Crippen LogP contribution in [-0.2, 0) is 65.4 Å². The zero-order valence-corrected chi connectivity index (χ0v) is 64.6. The van der Waals surface area contributed by atoms with E-state index in [9.17, 15) is 43.2 Å². The van der Waals surface area contributed by atoms with E-state index in [2.05, 4.69) is 48.5 Å². The van der Waals surface area contributed by atoms with Gasteiger partial charge < -0.3 is 33.8 Å². The summed E-state index contributed by atoms with van der Waals surface area (Å²) in [6.07, 6.45) is 54.0. The summed E-state index contributed by atoms with van der Waals surface area (Å²) in [6.45, 7) is 11.9. The zero-order chi connectivity index (χ0) is 70.9. The van der Waals surface area contributed by atoms with Crippen LogP contribution in [0.15, 0.2) is 0 Å². The molecule has 17 nitrogen and oxygen atoms in total. The van der Waals surface area contributed by atoms with Gasteiger partial charge in [0.1, 0.15) is 19.3 Å². The molecule has 0 aromatic carbocycles. The van der Waals surface area contributed by atoms with Crippen LogP contribution in [0.4, 0.5) is 0 Å². The number of carbonyl (C=O) groups excluding carboxylic acids is 4. The number of phosphoric acid groups is 2. The third-order valence-electron chi connectivity index (χ3n) is 17.9. The average molecular weight is 1410 g/mol. The Kier molecular flexibility index (Phi) is 66.2. The number of rotatable bonds is 75. The molecule has 19 heteroatoms. The first-order valence-corrected chi connectivity index (χ1v) is 42.8. The van der Waals surface area contributed by atoms with Gasteiger partial charge in [-0.15, -0.1) is 0 Å². The number of hydrogen-bond acceptors (Lipinski definition) is 15. The molecule has 0 fully saturated rings. The topological polar surface area (TPSA) is 237 Å². The Morgan fingerprint density at radius 3 is 0.708 bits per heavy atom. The van der Waals surface area contributed by atoms with Crippen molar-refractivity contribution in [3.63, 3.8) is 0 Å². The highest BCUT2D eigenvalue weighted by atomic mass is 31.2. The molecule has 0 aromatic heterocycles. The summed E-state index contributed by atoms with van der Waals surface area (Å²) in [5.41, 5.74) is 0. The molecule has 0 aliphatic heterocycles. The smallest absolute Gasteiger partial charge is 0.462 e. The molecule has 5 atom stereocenters. The van der Waals surface area contributed by atoms with E-state index in [0.29, 0.717) is 25.7 Å². The summed E-state index contributed by atoms with van der Waals surface area (Å²) >= 11 is 0. The largest absolute Gasteiger partial charge is 0.472 e. The summed E-state index contributed by atoms with van der Waals surface area (Å²) < 4.78 is 68.5. The van der Waals surface area contributed by atoms with Gasteiger partial charge in [-0.1, -0.05) is 344 Å². The van der Waals surface area contributed by atoms with Crippen LogP contribution in [0.5, 0.6) is 0 Å². The summed E-state index contributed by atoms with van der Waals surface area (Å²) in [5.74, 6) is 0.233. The number of aliphatic hydroxyl groups excluding tert-OH is 1. The van der Waals surface area contributed by atoms with E-state index < -0.39 is 97.5 Å². The van der Waals surface area contributed by atoms with E-state index >= 15 is 0 Å². The first-order valence-electron chi connectivity index (χ1n) is 39.8. The van der Waals surface area contributed by atoms with Crippen LogP contribution < -0.4 is 0 Å². The monoisotopic (exact) mass is 1410 g/mol. The molecule has 0 bridgehead atoms. The Morgan fingerprint density at radius 2 is 0.479 bits per heavy atom. The Morgan fingerprint density at radius 1 is 0.281 bits per heavy atom. The van der Waals surface area contributed by atoms with Crippen LogP contribution >= 0.6 is 15.6 Å². The quantitative estimate of drug-likeness (QED) is 0.0222. The fraction of sp³-hybridized carbons (Fsp3) is 0.948. The predicted molar refractivity (Wildman–Crippen MR) is 391 cm³/mol. The molecule has 0 saturated carbocycles. The second-order valence-corrected chi connectivity index (χ2v) is 32.1. The SMILES string of the molecule is CCCCCCCCCCCC(=O)OC[C@H](COP(=O)(O)OC[C@H](O)COP(=O)(O)OC[C@@H](COC(=O)CCCCCCCCCCCCCCC(C)C)OC(=O)CCCCCCCCCCCCCCCCCC(C)C)OC(=O)CCCCCCCCCCCCCC(C)C. The molecule has 0 aromatic rings. The van der Waals surface area contributed by atoms with Crippen molar-refractivity contribution in [3.8, 4) is 0 Å². The van der Waals surface area contributed by atoms with Crippen molar-refractivity contribution >= 4 is 39.5 Å². The Balaban J connectivity index is 5.23. The third kappa shape index (κ3) is 70.5. The van der Waals surface area contributed by atoms with Crippen LogP contribution in [0.3, 0.4) is 0 Å². The van der Waals surface area contributed by atoms with Crippen LogP contribution in [0.2, 0.25) is 0 Å². The van der Waals surface area contributed by atoms with Crippen LogP contribution in [0.1, 0.15) is 395 Å². The van der Waals surface area contributed by atoms with Crippen molar-refractivity contribution in [2.24, 2.45) is 17.8 Å². The first kappa shape index (κ1) is 94.1. The van der Waals surface area contributed by atoms with Gasteiger partial charge in [-0.3, -0.25) is 37.3 Å². The van der Waals surface area contributed by atoms with E-state index in [1.165, 1.54) is 205 Å². The van der Waals surface area contributed by atoms with E-state index in [0.717, 1.165) is 108 Å². The van der Waals surface area contributed by atoms with Gasteiger partial charge in [0.2, 0.25) is 0 Å². The summed E-state index contributed by atoms with van der Waals surface area (Å²) in [5, 5.41) is 10.6. The van der Waals surface area contributed by atoms with E-state index in [1.54, 1.807) is 0 Å². The van der Waals surface area contributed by atoms with Gasteiger partial charge in [-0.25, -0.2) is 9.13 Å². The predicted octanol–water partition coefficient (Wildman–Crippen LogP) is 22.6. The fourth-order valence-electron chi connectivity index (χ4n) is 11.8. The van der Waals surface area contributed by atoms with Crippen LogP contribution in [0.25, 0.3) is 0 Å². The van der Waals surface area contributed by atoms with Crippen LogP contribution in [-0.4, -0.2) is 96.7 Å². The molecule has 0 aliphatic rings. The Hall–Kier alpha value is -1.94. The van der Waals surface area contributed by atoms with E-state index in [-0.39, 0.29) is 25.7 Å². The third-order valence-corrected chi connectivity index (χ3v) is 19.8. The van der Waals surface area contributed by atoms with Gasteiger partial charge >= 0.3 is 39.5 Å². The second-order valence-electron chi connectivity index (χ2n) is 29.2. The van der Waals surface area contributed by atoms with E-state index in [1.807, 2.05) is 0 Å². The lowest BCUT2D eigenvalue weighted by Gasteiger charge is -2.21. The minimum absolute atomic E-state index is 0.106. The lowest BCUT2D eigenvalue weighted by molar-refractivity contribution is -0.161. The normalized spacial score (nSPS) is 14.1. The molecule has 0 spiro atoms. The van der Waals surface area contributed by atoms with Crippen LogP contribution in [0, 0.1) is 17.8 Å². The molecule has 2 unspecified atom stereocenters. The number of unbranched alkanes of at least 4 members (excludes halogenated alkanes) is 43. The lowest BCUT2D eigenvalue weighted by Crippen LogP contribution is -2.30. The summed E-state index contributed by atoms with van der Waals surface area (Å²) in [4.78, 5) is 72.8. The molecule has 3 N–H and O–H groups in total. The molecule has 96 heavy (non-hydrogen) atoms. The van der Waals surface area contributed by atoms with Crippen molar-refractivity contribution in [1.82, 2.24) is 0 Å². The van der Waals surface area contributed by atoms with Crippen molar-refractivity contribution in [1.29, 1.82) is 0 Å². The minimum atomic E-state index is -4.96. The summed E-state index contributed by atoms with van der Waals surface area (Å²) in [7, 11) is -9.91. The zero-order valence-electron chi connectivity index (χ0n) is 62.8. The molecule has 0 amide bonds. The highest BCUT2D eigenvalue weighted by molar-refractivity contribution is 7.47. The van der Waals surface area contributed by atoms with Crippen molar-refractivity contribution < 1.29 is 80.2 Å². The molecular formula is C77H150O17P2. The van der Waals surface area contributed by atoms with Crippen molar-refractivity contribution in [3.05, 3.63) is 0 Å². The van der Waals surface area contributed by atoms with Crippen molar-refractivity contribution in [2.75, 3.05) is 39.6 Å². The highest BCUT2D eigenvalue weighted by Crippen LogP contribution is 2.45. The van der Waals surface area contributed by atoms with Gasteiger partial charge in [0, 0.05) is 25.7 Å². The minimum Gasteiger partial charge on any atom is -0.462 e. The van der Waals surface area contributed by atoms with Gasteiger partial charge in [0.15, 0.2) is 12.2 Å². The number of hydrogen-bond donors (Lipinski definition) is 3. The molecule has 0 heterocycles. The maximum absolute atomic E-state index is 13.1. The average Bonchev–Trinajstić information content (AvgIpc) is 2.36. The number of esters is 4. The molecular weight excluding hydrogens is 1260 g/mol. The maximum Gasteiger partial charge on any atom is 0.472 e. The van der Waals surface area contributed by atoms with Crippen molar-refractivity contribution in [2.45, 2.75) is 414 Å². The van der Waals surface area contributed by atoms with E-state index in [4.69, 9.17) is 37.0 Å². The number of aliphatic hydroxyl groups is 1. The van der Waals surface area contributed by atoms with Gasteiger partial charge in [-0.05, 0) is 43.4 Å². The summed E-state index contributed by atoms with van der Waals surface area (Å²) in [6, 6.07) is 0. The standard InChI is InChI=1S/C77H150O17P2/c1-8-9-10-11-12-27-37-44-51-58-74(79)87-64-72(93-77(82)61-54-47-40-33-26-20-23-30-36-43-50-57-70(6)7)66-91-95(83,84)89-62-71(78)63-90-96(85,86)92-67-73(65-88-75(80)59-52-45-38-31-24-19-18-22-29-35-42-49-56-69(4)5)94-76(81)60-53-46-39-32-25-17-15-13-14-16-21-28-34-41-48-55-68(2)3/h68-73,78H,8-67H2,1-7H3,(H,83,84)(H,85,86)/t71-,72+,73+/m0/s1. The number of carbonyl (C=O) groups is 4. The first-order chi connectivity index (χ1) is 46.2. The number of phosphoric ester groups is 2. The molecule has 570 valence electrons. The van der Waals surface area contributed by atoms with Gasteiger partial charge in [0.05, 0.1) is 26.4 Å². The second kappa shape index (κ2) is 67.5. The number of ether oxygens (including phenoxy) is 4. The lowest BCUT2D eigenvalue weighted by atomic mass is 10.0. The molecule has 0 aliphatic carbocycles. The highest BCUT2D eigenvalue weighted by Gasteiger charge is 2.30. The Bertz CT molecular complexity index is 1870. The maximum atomic E-state index is 13.1.